The molecule has 1 atom stereocenters. The van der Waals surface area contributed by atoms with Gasteiger partial charge in [0.2, 0.25) is 5.91 Å². The number of hydrogen-bond donors (Lipinski definition) is 2. The maximum atomic E-state index is 13.5. The average molecular weight is 378 g/mol. The molecule has 2 heterocycles. The van der Waals surface area contributed by atoms with Gasteiger partial charge in [-0.3, -0.25) is 4.79 Å². The van der Waals surface area contributed by atoms with Crippen LogP contribution < -0.4 is 5.32 Å². The van der Waals surface area contributed by atoms with Crippen LogP contribution in [0.1, 0.15) is 32.1 Å². The zero-order chi connectivity index (χ0) is 19.7. The Morgan fingerprint density at radius 3 is 2.82 bits per heavy atom. The van der Waals surface area contributed by atoms with Gasteiger partial charge in [0.05, 0.1) is 22.6 Å². The summed E-state index contributed by atoms with van der Waals surface area (Å²) < 4.78 is 15.4. The number of imidazole rings is 1. The number of nitrogens with zero attached hydrogens (tertiary/aromatic N) is 2. The molecule has 1 amide bonds. The van der Waals surface area contributed by atoms with Gasteiger partial charge in [0.25, 0.3) is 0 Å². The molecular formula is C22H23FN4O. The van der Waals surface area contributed by atoms with Crippen LogP contribution in [0, 0.1) is 11.7 Å². The second kappa shape index (κ2) is 7.46. The van der Waals surface area contributed by atoms with Gasteiger partial charge in [-0.25, -0.2) is 9.37 Å². The minimum atomic E-state index is -0.276. The molecule has 28 heavy (non-hydrogen) atoms. The molecule has 0 bridgehead atoms. The molecule has 0 spiro atoms. The van der Waals surface area contributed by atoms with E-state index >= 15 is 0 Å². The van der Waals surface area contributed by atoms with E-state index in [0.29, 0.717) is 13.0 Å². The Morgan fingerprint density at radius 2 is 2.04 bits per heavy atom. The quantitative estimate of drug-likeness (QED) is 0.517. The number of carbonyl (C=O) groups is 1. The maximum absolute atomic E-state index is 13.5. The summed E-state index contributed by atoms with van der Waals surface area (Å²) in [6.45, 7) is 4.60. The molecule has 0 aliphatic heterocycles. The molecule has 2 aromatic carbocycles. The Balaban J connectivity index is 1.46. The second-order valence-corrected chi connectivity index (χ2v) is 7.39. The second-order valence-electron chi connectivity index (χ2n) is 7.39. The Labute approximate surface area is 162 Å². The summed E-state index contributed by atoms with van der Waals surface area (Å²) in [5.41, 5.74) is 2.64. The summed E-state index contributed by atoms with van der Waals surface area (Å²) in [6.07, 6.45) is 2.19. The van der Waals surface area contributed by atoms with Crippen LogP contribution in [0.2, 0.25) is 0 Å². The molecule has 5 nitrogen and oxygen atoms in total. The van der Waals surface area contributed by atoms with E-state index in [1.807, 2.05) is 41.1 Å². The van der Waals surface area contributed by atoms with Crippen molar-refractivity contribution in [3.8, 4) is 0 Å². The lowest BCUT2D eigenvalue weighted by Gasteiger charge is -2.20. The molecule has 4 aromatic rings. The molecule has 144 valence electrons. The number of para-hydroxylation sites is 2. The van der Waals surface area contributed by atoms with Crippen LogP contribution >= 0.6 is 0 Å². The predicted molar refractivity (Wildman–Crippen MR) is 108 cm³/mol. The van der Waals surface area contributed by atoms with Crippen LogP contribution in [0.15, 0.2) is 54.7 Å². The number of halogens is 1. The Bertz CT molecular complexity index is 1090. The van der Waals surface area contributed by atoms with Gasteiger partial charge < -0.3 is 14.9 Å². The van der Waals surface area contributed by atoms with E-state index in [4.69, 9.17) is 0 Å². The Morgan fingerprint density at radius 1 is 1.21 bits per heavy atom. The zero-order valence-electron chi connectivity index (χ0n) is 15.9. The number of amides is 1. The van der Waals surface area contributed by atoms with E-state index in [2.05, 4.69) is 29.1 Å². The Hall–Kier alpha value is -3.15. The third kappa shape index (κ3) is 3.63. The fourth-order valence-electron chi connectivity index (χ4n) is 3.49. The summed E-state index contributed by atoms with van der Waals surface area (Å²) in [6, 6.07) is 14.2. The van der Waals surface area contributed by atoms with Crippen molar-refractivity contribution in [1.29, 1.82) is 0 Å². The van der Waals surface area contributed by atoms with Gasteiger partial charge in [0.1, 0.15) is 11.6 Å². The van der Waals surface area contributed by atoms with Gasteiger partial charge in [-0.05, 0) is 47.7 Å². The van der Waals surface area contributed by atoms with Crippen molar-refractivity contribution < 1.29 is 9.18 Å². The highest BCUT2D eigenvalue weighted by atomic mass is 19.1. The fraction of sp³-hybridized carbons (Fsp3) is 0.273. The van der Waals surface area contributed by atoms with Crippen molar-refractivity contribution in [3.05, 3.63) is 66.4 Å². The van der Waals surface area contributed by atoms with Crippen LogP contribution in [0.3, 0.4) is 0 Å². The highest BCUT2D eigenvalue weighted by molar-refractivity contribution is 5.81. The summed E-state index contributed by atoms with van der Waals surface area (Å²) in [5, 5.41) is 4.06. The minimum absolute atomic E-state index is 0.0580. The van der Waals surface area contributed by atoms with Crippen molar-refractivity contribution >= 4 is 27.8 Å². The largest absolute Gasteiger partial charge is 0.347 e. The lowest BCUT2D eigenvalue weighted by molar-refractivity contribution is -0.122. The van der Waals surface area contributed by atoms with Gasteiger partial charge >= 0.3 is 0 Å². The molecule has 6 heteroatoms. The summed E-state index contributed by atoms with van der Waals surface area (Å²) >= 11 is 0. The number of aromatic nitrogens is 3. The summed E-state index contributed by atoms with van der Waals surface area (Å²) in [4.78, 5) is 20.5. The predicted octanol–water partition coefficient (Wildman–Crippen LogP) is 4.56. The number of fused-ring (bicyclic) bond motifs is 2. The van der Waals surface area contributed by atoms with Crippen molar-refractivity contribution in [2.45, 2.75) is 32.9 Å². The first-order valence-corrected chi connectivity index (χ1v) is 9.49. The van der Waals surface area contributed by atoms with Crippen LogP contribution in [0.5, 0.6) is 0 Å². The van der Waals surface area contributed by atoms with Crippen LogP contribution in [-0.4, -0.2) is 20.4 Å². The topological polar surface area (TPSA) is 62.7 Å². The van der Waals surface area contributed by atoms with Crippen LogP contribution in [-0.2, 0) is 11.3 Å². The normalized spacial score (nSPS) is 12.7. The lowest BCUT2D eigenvalue weighted by atomic mass is 10.0. The summed E-state index contributed by atoms with van der Waals surface area (Å²) in [5.74, 6) is 0.614. The number of rotatable bonds is 6. The van der Waals surface area contributed by atoms with Crippen molar-refractivity contribution in [2.24, 2.45) is 5.92 Å². The first kappa shape index (κ1) is 18.2. The molecule has 0 saturated carbocycles. The standard InChI is InChI=1S/C22H23FN4O/c1-14(2)21(22-24-17-5-3-4-6-18(17)25-22)26-20(28)10-12-27-11-9-15-7-8-16(23)13-19(15)27/h3-9,11,13-14,21H,10,12H2,1-2H3,(H,24,25)(H,26,28). The van der Waals surface area contributed by atoms with Crippen molar-refractivity contribution in [3.63, 3.8) is 0 Å². The average Bonchev–Trinajstić information content (AvgIpc) is 3.27. The molecule has 2 N–H and O–H groups in total. The molecular weight excluding hydrogens is 355 g/mol. The molecule has 0 saturated heterocycles. The van der Waals surface area contributed by atoms with Gasteiger partial charge in [-0.2, -0.15) is 0 Å². The summed E-state index contributed by atoms with van der Waals surface area (Å²) in [7, 11) is 0. The molecule has 1 unspecified atom stereocenters. The van der Waals surface area contributed by atoms with E-state index in [9.17, 15) is 9.18 Å². The van der Waals surface area contributed by atoms with Crippen LogP contribution in [0.25, 0.3) is 21.9 Å². The zero-order valence-corrected chi connectivity index (χ0v) is 15.9. The molecule has 0 aliphatic rings. The van der Waals surface area contributed by atoms with Crippen molar-refractivity contribution in [1.82, 2.24) is 19.9 Å². The number of carbonyl (C=O) groups excluding carboxylic acids is 1. The van der Waals surface area contributed by atoms with Crippen LogP contribution in [0.4, 0.5) is 4.39 Å². The molecule has 2 aromatic heterocycles. The maximum Gasteiger partial charge on any atom is 0.222 e. The molecule has 0 fully saturated rings. The number of aromatic amines is 1. The number of benzene rings is 2. The van der Waals surface area contributed by atoms with E-state index < -0.39 is 0 Å². The molecule has 0 radical (unpaired) electrons. The van der Waals surface area contributed by atoms with Crippen molar-refractivity contribution in [2.75, 3.05) is 0 Å². The first-order valence-electron chi connectivity index (χ1n) is 9.49. The SMILES string of the molecule is CC(C)C(NC(=O)CCn1ccc2ccc(F)cc21)c1nc2ccccc2[nH]1. The third-order valence-corrected chi connectivity index (χ3v) is 5.00. The number of aryl methyl sites for hydroxylation is 1. The van der Waals surface area contributed by atoms with Gasteiger partial charge in [0, 0.05) is 19.2 Å². The van der Waals surface area contributed by atoms with E-state index in [0.717, 1.165) is 27.8 Å². The first-order chi connectivity index (χ1) is 13.5. The van der Waals surface area contributed by atoms with E-state index in [-0.39, 0.29) is 23.7 Å². The van der Waals surface area contributed by atoms with Gasteiger partial charge in [-0.1, -0.05) is 26.0 Å². The Kier molecular flexibility index (Phi) is 4.86. The number of hydrogen-bond acceptors (Lipinski definition) is 2. The number of H-pyrrole nitrogens is 1. The highest BCUT2D eigenvalue weighted by Gasteiger charge is 2.21. The van der Waals surface area contributed by atoms with E-state index in [1.54, 1.807) is 6.07 Å². The fourth-order valence-corrected chi connectivity index (χ4v) is 3.49. The van der Waals surface area contributed by atoms with Gasteiger partial charge in [-0.15, -0.1) is 0 Å². The molecule has 0 aliphatic carbocycles. The smallest absolute Gasteiger partial charge is 0.222 e. The highest BCUT2D eigenvalue weighted by Crippen LogP contribution is 2.22. The number of nitrogens with one attached hydrogen (secondary N) is 2. The van der Waals surface area contributed by atoms with E-state index in [1.165, 1.54) is 12.1 Å². The third-order valence-electron chi connectivity index (χ3n) is 5.00. The monoisotopic (exact) mass is 378 g/mol. The molecule has 4 rings (SSSR count). The minimum Gasteiger partial charge on any atom is -0.347 e. The lowest BCUT2D eigenvalue weighted by Crippen LogP contribution is -2.33. The van der Waals surface area contributed by atoms with Gasteiger partial charge in [0.15, 0.2) is 0 Å².